The number of nitrogen functional groups attached to an aromatic ring is 1. The van der Waals surface area contributed by atoms with Crippen LogP contribution in [0.25, 0.3) is 11.2 Å². The van der Waals surface area contributed by atoms with Crippen molar-refractivity contribution in [3.63, 3.8) is 0 Å². The van der Waals surface area contributed by atoms with Gasteiger partial charge < -0.3 is 20.3 Å². The molecule has 1 fully saturated rings. The Hall–Kier alpha value is -1.59. The highest BCUT2D eigenvalue weighted by molar-refractivity contribution is 8.57. The number of Topliss-reactive ketones (excluding diaryl/α,β-unsaturated/α-hetero) is 1. The molecule has 2 aromatic heterocycles. The summed E-state index contributed by atoms with van der Waals surface area (Å²) in [4.78, 5) is 29.9. The van der Waals surface area contributed by atoms with Gasteiger partial charge in [-0.3, -0.25) is 9.36 Å². The molecule has 16 heteroatoms. The van der Waals surface area contributed by atoms with Crippen molar-refractivity contribution in [2.24, 2.45) is 4.99 Å². The van der Waals surface area contributed by atoms with E-state index in [4.69, 9.17) is 43.4 Å². The van der Waals surface area contributed by atoms with Crippen LogP contribution in [0.5, 0.6) is 5.75 Å². The zero-order valence-corrected chi connectivity index (χ0v) is 27.5. The average molecular weight is 669 g/mol. The third-order valence-corrected chi connectivity index (χ3v) is 17.2. The van der Waals surface area contributed by atoms with E-state index in [9.17, 15) is 9.90 Å². The lowest BCUT2D eigenvalue weighted by molar-refractivity contribution is -0.111. The number of rotatable bonds is 7. The molecule has 3 aliphatic rings. The lowest BCUT2D eigenvalue weighted by Gasteiger charge is -2.36. The lowest BCUT2D eigenvalue weighted by Crippen LogP contribution is -2.35. The van der Waals surface area contributed by atoms with Crippen LogP contribution in [-0.2, 0) is 14.9 Å². The molecule has 41 heavy (non-hydrogen) atoms. The van der Waals surface area contributed by atoms with Crippen LogP contribution in [0.15, 0.2) is 57.6 Å². The summed E-state index contributed by atoms with van der Waals surface area (Å²) >= 11 is 12.6. The van der Waals surface area contributed by atoms with Gasteiger partial charge in [-0.2, -0.15) is 0 Å². The minimum atomic E-state index is -0.762. The minimum absolute atomic E-state index is 0.0456. The number of halogens is 2. The second kappa shape index (κ2) is 11.5. The van der Waals surface area contributed by atoms with E-state index < -0.39 is 29.6 Å². The number of hydrogen-bond donors (Lipinski definition) is 2. The molecule has 3 aromatic rings. The maximum Gasteiger partial charge on any atom is 0.216 e. The highest BCUT2D eigenvalue weighted by Crippen LogP contribution is 2.60. The van der Waals surface area contributed by atoms with Crippen molar-refractivity contribution in [2.45, 2.75) is 50.0 Å². The van der Waals surface area contributed by atoms with Crippen molar-refractivity contribution < 1.29 is 19.4 Å². The van der Waals surface area contributed by atoms with Crippen molar-refractivity contribution >= 4 is 90.5 Å². The maximum absolute atomic E-state index is 12.5. The zero-order valence-electron chi connectivity index (χ0n) is 21.8. The van der Waals surface area contributed by atoms with Gasteiger partial charge in [-0.1, -0.05) is 53.0 Å². The number of nitrogens with two attached hydrogens (primary N) is 1. The molecule has 5 unspecified atom stereocenters. The summed E-state index contributed by atoms with van der Waals surface area (Å²) in [7, 11) is 4.49. The summed E-state index contributed by atoms with van der Waals surface area (Å²) in [6.45, 7) is 4.00. The van der Waals surface area contributed by atoms with Crippen molar-refractivity contribution in [3.8, 4) is 5.75 Å². The minimum Gasteiger partial charge on any atom is -0.483 e. The standard InChI is InChI=1S/C25H26Cl2N6O4P4/c1-25(2)11-5-10(3-4-13(11)32-14-6-12(26)20(35)18(27)17(14)25)36-24(39-41-40-38)21-15(34)7-16(37-21)33-9-31-19-22(28)29-8-30-23(19)33/h3-6,8-9,15-16,21,24,34,39-41H,7,38H2,1-2H3,(H2,28,29,30)/t15-,16+,21-,24?/m0/s1. The topological polar surface area (TPSA) is 138 Å². The third-order valence-electron chi connectivity index (χ3n) is 7.34. The molecular formula is C25H26Cl2N6O4P4. The molecule has 1 saturated heterocycles. The van der Waals surface area contributed by atoms with E-state index in [1.807, 2.05) is 32.0 Å². The molecule has 1 aromatic carbocycles. The van der Waals surface area contributed by atoms with Crippen LogP contribution in [0.3, 0.4) is 0 Å². The third kappa shape index (κ3) is 5.26. The summed E-state index contributed by atoms with van der Waals surface area (Å²) in [6.07, 6.45) is 3.09. The van der Waals surface area contributed by atoms with E-state index in [1.165, 1.54) is 6.33 Å². The number of carbonyl (C=O) groups is 1. The second-order valence-corrected chi connectivity index (χ2v) is 19.7. The highest BCUT2D eigenvalue weighted by atomic mass is 35.5. The number of ketones is 1. The summed E-state index contributed by atoms with van der Waals surface area (Å²) < 4.78 is 14.7. The number of carbonyl (C=O) groups excluding carboxylic acids is 1. The van der Waals surface area contributed by atoms with Gasteiger partial charge in [0, 0.05) is 17.4 Å². The number of aliphatic hydroxyl groups excluding tert-OH is 1. The number of nitrogens with zero attached hydrogens (tertiary/aromatic N) is 5. The molecule has 0 spiro atoms. The Kier molecular flexibility index (Phi) is 8.26. The Labute approximate surface area is 253 Å². The number of benzene rings is 1. The highest BCUT2D eigenvalue weighted by Gasteiger charge is 2.43. The number of fused-ring (bicyclic) bond motifs is 3. The molecule has 0 radical (unpaired) electrons. The lowest BCUT2D eigenvalue weighted by atomic mass is 9.71. The van der Waals surface area contributed by atoms with Crippen molar-refractivity contribution in [1.82, 2.24) is 19.5 Å². The molecule has 0 amide bonds. The van der Waals surface area contributed by atoms with Crippen LogP contribution in [0.4, 0.5) is 11.5 Å². The quantitative estimate of drug-likeness (QED) is 0.242. The smallest absolute Gasteiger partial charge is 0.216 e. The van der Waals surface area contributed by atoms with E-state index in [2.05, 4.69) is 23.9 Å². The fourth-order valence-electron chi connectivity index (χ4n) is 5.36. The van der Waals surface area contributed by atoms with Crippen molar-refractivity contribution in [3.05, 3.63) is 58.1 Å². The fraction of sp³-hybridized carbons (Fsp3) is 0.320. The predicted molar refractivity (Wildman–Crippen MR) is 172 cm³/mol. The van der Waals surface area contributed by atoms with Gasteiger partial charge in [-0.25, -0.2) is 19.9 Å². The Morgan fingerprint density at radius 1 is 1.29 bits per heavy atom. The molecule has 3 N–H and O–H groups in total. The number of imidazole rings is 1. The van der Waals surface area contributed by atoms with E-state index in [0.29, 0.717) is 58.8 Å². The van der Waals surface area contributed by atoms with Crippen molar-refractivity contribution in [2.75, 3.05) is 5.73 Å². The number of aliphatic imine (C=N–C) groups is 1. The fourth-order valence-corrected chi connectivity index (χ4v) is 12.6. The van der Waals surface area contributed by atoms with E-state index in [1.54, 1.807) is 17.0 Å². The SMILES string of the molecule is CC1(C)C2=C(Cl)C(=O)C(Cl)=CC2=Nc2ccc(OC(PPPP)[C@H]3O[C@@H](n4cnc5c(N)ncnc54)C[C@@H]3O)cc21. The zero-order chi connectivity index (χ0) is 29.1. The van der Waals surface area contributed by atoms with E-state index in [0.717, 1.165) is 11.3 Å². The van der Waals surface area contributed by atoms with E-state index >= 15 is 0 Å². The first-order chi connectivity index (χ1) is 19.6. The normalized spacial score (nSPS) is 25.0. The Bertz CT molecular complexity index is 1660. The molecule has 10 nitrogen and oxygen atoms in total. The largest absolute Gasteiger partial charge is 0.483 e. The molecule has 2 aliphatic heterocycles. The van der Waals surface area contributed by atoms with Gasteiger partial charge in [0.25, 0.3) is 0 Å². The van der Waals surface area contributed by atoms with Crippen LogP contribution in [-0.4, -0.2) is 54.2 Å². The second-order valence-electron chi connectivity index (χ2n) is 10.2. The molecule has 1 aliphatic carbocycles. The predicted octanol–water partition coefficient (Wildman–Crippen LogP) is 5.68. The average Bonchev–Trinajstić information content (AvgIpc) is 3.54. The van der Waals surface area contributed by atoms with Crippen molar-refractivity contribution in [1.29, 1.82) is 0 Å². The van der Waals surface area contributed by atoms with Gasteiger partial charge >= 0.3 is 0 Å². The first kappa shape index (κ1) is 29.5. The van der Waals surface area contributed by atoms with Gasteiger partial charge in [-0.05, 0) is 38.1 Å². The summed E-state index contributed by atoms with van der Waals surface area (Å²) in [6, 6.07) is 5.68. The Morgan fingerprint density at radius 3 is 2.88 bits per heavy atom. The molecule has 0 bridgehead atoms. The molecule has 4 heterocycles. The molecule has 0 saturated carbocycles. The number of ether oxygens (including phenoxy) is 2. The first-order valence-corrected chi connectivity index (χ1v) is 20.2. The number of aliphatic hydroxyl groups is 1. The number of hydrogen-bond acceptors (Lipinski definition) is 9. The van der Waals surface area contributed by atoms with Crippen LogP contribution in [0.1, 0.15) is 32.1 Å². The van der Waals surface area contributed by atoms with Gasteiger partial charge in [0.1, 0.15) is 35.8 Å². The number of aromatic nitrogens is 4. The summed E-state index contributed by atoms with van der Waals surface area (Å²) in [5, 5.41) is 11.3. The van der Waals surface area contributed by atoms with Crippen LogP contribution < -0.4 is 10.5 Å². The monoisotopic (exact) mass is 668 g/mol. The van der Waals surface area contributed by atoms with Crippen LogP contribution in [0, 0.1) is 0 Å². The summed E-state index contributed by atoms with van der Waals surface area (Å²) in [5.41, 5.74) is 9.20. The van der Waals surface area contributed by atoms with Gasteiger partial charge in [0.15, 0.2) is 11.5 Å². The summed E-state index contributed by atoms with van der Waals surface area (Å²) in [5.74, 6) is 0.105. The maximum atomic E-state index is 12.5. The molecule has 214 valence electrons. The van der Waals surface area contributed by atoms with Crippen LogP contribution in [0.2, 0.25) is 0 Å². The molecule has 6 rings (SSSR count). The Morgan fingerprint density at radius 2 is 2.10 bits per heavy atom. The first-order valence-electron chi connectivity index (χ1n) is 12.5. The molecular weight excluding hydrogens is 643 g/mol. The van der Waals surface area contributed by atoms with Crippen LogP contribution >= 0.6 is 56.3 Å². The van der Waals surface area contributed by atoms with Gasteiger partial charge in [0.05, 0.1) is 33.9 Å². The van der Waals surface area contributed by atoms with Gasteiger partial charge in [-0.15, -0.1) is 8.93 Å². The number of allylic oxidation sites excluding steroid dienone is 4. The Balaban J connectivity index is 1.30. The van der Waals surface area contributed by atoms with E-state index in [-0.39, 0.29) is 21.7 Å². The van der Waals surface area contributed by atoms with Gasteiger partial charge in [0.2, 0.25) is 5.78 Å². The number of anilines is 1. The molecule has 8 atom stereocenters.